The molecule has 0 heterocycles. The van der Waals surface area contributed by atoms with Gasteiger partial charge in [0.05, 0.1) is 5.92 Å². The zero-order chi connectivity index (χ0) is 10.2. The molecule has 13 heavy (non-hydrogen) atoms. The van der Waals surface area contributed by atoms with Crippen molar-refractivity contribution in [3.05, 3.63) is 0 Å². The number of rotatable bonds is 4. The summed E-state index contributed by atoms with van der Waals surface area (Å²) in [6.45, 7) is 0.169. The minimum absolute atomic E-state index is 0.169. The van der Waals surface area contributed by atoms with Crippen molar-refractivity contribution in [2.45, 2.75) is 6.04 Å². The molecule has 0 aromatic carbocycles. The molecule has 6 heteroatoms. The van der Waals surface area contributed by atoms with Crippen LogP contribution in [0.25, 0.3) is 0 Å². The zero-order valence-electron chi connectivity index (χ0n) is 6.88. The molecule has 0 spiro atoms. The third-order valence-corrected chi connectivity index (χ3v) is 2.49. The standard InChI is InChI=1S/C7H12N2O4/c8-1-2-3(4(2)6(10)11)5(9)7(12)13/h2-5H,1,8-9H2,(H,10,11)(H,12,13). The van der Waals surface area contributed by atoms with Gasteiger partial charge in [-0.15, -0.1) is 0 Å². The molecular weight excluding hydrogens is 176 g/mol. The first-order chi connectivity index (χ1) is 6.00. The fourth-order valence-electron chi connectivity index (χ4n) is 1.71. The minimum Gasteiger partial charge on any atom is -0.481 e. The van der Waals surface area contributed by atoms with Crippen molar-refractivity contribution in [1.82, 2.24) is 0 Å². The van der Waals surface area contributed by atoms with Gasteiger partial charge in [-0.05, 0) is 12.5 Å². The third kappa shape index (κ3) is 1.63. The Morgan fingerprint density at radius 3 is 2.15 bits per heavy atom. The van der Waals surface area contributed by atoms with E-state index >= 15 is 0 Å². The molecule has 4 unspecified atom stereocenters. The first kappa shape index (κ1) is 9.94. The van der Waals surface area contributed by atoms with E-state index in [2.05, 4.69) is 0 Å². The van der Waals surface area contributed by atoms with Crippen LogP contribution in [0, 0.1) is 17.8 Å². The van der Waals surface area contributed by atoms with Crippen LogP contribution in [-0.4, -0.2) is 34.7 Å². The van der Waals surface area contributed by atoms with Gasteiger partial charge in [-0.2, -0.15) is 0 Å². The molecule has 6 nitrogen and oxygen atoms in total. The fraction of sp³-hybridized carbons (Fsp3) is 0.714. The Hall–Kier alpha value is -1.14. The van der Waals surface area contributed by atoms with Gasteiger partial charge in [0, 0.05) is 5.92 Å². The summed E-state index contributed by atoms with van der Waals surface area (Å²) in [6, 6.07) is -1.12. The van der Waals surface area contributed by atoms with Crippen molar-refractivity contribution in [2.75, 3.05) is 6.54 Å². The van der Waals surface area contributed by atoms with E-state index < -0.39 is 29.8 Å². The van der Waals surface area contributed by atoms with Crippen LogP contribution in [0.1, 0.15) is 0 Å². The number of carboxylic acid groups (broad SMARTS) is 2. The van der Waals surface area contributed by atoms with E-state index in [1.54, 1.807) is 0 Å². The number of aliphatic carboxylic acids is 2. The van der Waals surface area contributed by atoms with Crippen molar-refractivity contribution in [3.63, 3.8) is 0 Å². The molecule has 0 radical (unpaired) electrons. The summed E-state index contributed by atoms with van der Waals surface area (Å²) >= 11 is 0. The Labute approximate surface area is 74.5 Å². The van der Waals surface area contributed by atoms with Gasteiger partial charge in [0.25, 0.3) is 0 Å². The number of hydrogen-bond acceptors (Lipinski definition) is 4. The van der Waals surface area contributed by atoms with E-state index in [1.807, 2.05) is 0 Å². The lowest BCUT2D eigenvalue weighted by molar-refractivity contribution is -0.140. The second-order valence-electron chi connectivity index (χ2n) is 3.20. The van der Waals surface area contributed by atoms with Gasteiger partial charge in [0.1, 0.15) is 6.04 Å². The van der Waals surface area contributed by atoms with E-state index in [0.29, 0.717) is 0 Å². The largest absolute Gasteiger partial charge is 0.481 e. The number of carboxylic acids is 2. The second-order valence-corrected chi connectivity index (χ2v) is 3.20. The molecule has 0 bridgehead atoms. The highest BCUT2D eigenvalue weighted by atomic mass is 16.4. The molecule has 0 aliphatic heterocycles. The molecule has 0 amide bonds. The summed E-state index contributed by atoms with van der Waals surface area (Å²) in [4.78, 5) is 21.0. The Bertz CT molecular complexity index is 243. The van der Waals surface area contributed by atoms with Crippen molar-refractivity contribution < 1.29 is 19.8 Å². The molecule has 1 rings (SSSR count). The Morgan fingerprint density at radius 1 is 1.38 bits per heavy atom. The number of hydrogen-bond donors (Lipinski definition) is 4. The lowest BCUT2D eigenvalue weighted by Crippen LogP contribution is -2.34. The molecule has 6 N–H and O–H groups in total. The summed E-state index contributed by atoms with van der Waals surface area (Å²) < 4.78 is 0. The molecular formula is C7H12N2O4. The summed E-state index contributed by atoms with van der Waals surface area (Å²) in [5, 5.41) is 17.2. The monoisotopic (exact) mass is 188 g/mol. The SMILES string of the molecule is NCC1C(C(=O)O)C1C(N)C(=O)O. The van der Waals surface area contributed by atoms with Gasteiger partial charge < -0.3 is 21.7 Å². The molecule has 74 valence electrons. The van der Waals surface area contributed by atoms with Gasteiger partial charge in [-0.3, -0.25) is 9.59 Å². The minimum atomic E-state index is -1.17. The van der Waals surface area contributed by atoms with E-state index in [1.165, 1.54) is 0 Å². The third-order valence-electron chi connectivity index (χ3n) is 2.49. The number of carbonyl (C=O) groups is 2. The van der Waals surface area contributed by atoms with Crippen LogP contribution < -0.4 is 11.5 Å². The normalized spacial score (nSPS) is 33.8. The molecule has 1 fully saturated rings. The Morgan fingerprint density at radius 2 is 1.92 bits per heavy atom. The van der Waals surface area contributed by atoms with Crippen LogP contribution in [-0.2, 0) is 9.59 Å². The maximum Gasteiger partial charge on any atom is 0.320 e. The van der Waals surface area contributed by atoms with Crippen molar-refractivity contribution >= 4 is 11.9 Å². The predicted octanol–water partition coefficient (Wildman–Crippen LogP) is -1.70. The van der Waals surface area contributed by atoms with E-state index in [-0.39, 0.29) is 12.5 Å². The van der Waals surface area contributed by atoms with E-state index in [9.17, 15) is 9.59 Å². The summed E-state index contributed by atoms with van der Waals surface area (Å²) in [6.07, 6.45) is 0. The van der Waals surface area contributed by atoms with Gasteiger partial charge >= 0.3 is 11.9 Å². The molecule has 4 atom stereocenters. The van der Waals surface area contributed by atoms with Crippen LogP contribution in [0.4, 0.5) is 0 Å². The summed E-state index contributed by atoms with van der Waals surface area (Å²) in [7, 11) is 0. The summed E-state index contributed by atoms with van der Waals surface area (Å²) in [5.74, 6) is -3.68. The Kier molecular flexibility index (Phi) is 2.53. The van der Waals surface area contributed by atoms with Gasteiger partial charge in [-0.1, -0.05) is 0 Å². The van der Waals surface area contributed by atoms with Crippen LogP contribution in [0.5, 0.6) is 0 Å². The smallest absolute Gasteiger partial charge is 0.320 e. The van der Waals surface area contributed by atoms with Crippen LogP contribution >= 0.6 is 0 Å². The topological polar surface area (TPSA) is 127 Å². The van der Waals surface area contributed by atoms with Crippen molar-refractivity contribution in [2.24, 2.45) is 29.2 Å². The molecule has 0 aromatic heterocycles. The fourth-order valence-corrected chi connectivity index (χ4v) is 1.71. The highest BCUT2D eigenvalue weighted by Gasteiger charge is 2.58. The summed E-state index contributed by atoms with van der Waals surface area (Å²) in [5.41, 5.74) is 10.6. The average molecular weight is 188 g/mol. The maximum absolute atomic E-state index is 10.6. The number of nitrogens with two attached hydrogens (primary N) is 2. The van der Waals surface area contributed by atoms with Crippen LogP contribution in [0.15, 0.2) is 0 Å². The highest BCUT2D eigenvalue weighted by molar-refractivity contribution is 5.80. The average Bonchev–Trinajstić information content (AvgIpc) is 2.76. The van der Waals surface area contributed by atoms with Crippen LogP contribution in [0.3, 0.4) is 0 Å². The predicted molar refractivity (Wildman–Crippen MR) is 42.8 cm³/mol. The lowest BCUT2D eigenvalue weighted by atomic mass is 10.1. The molecule has 1 saturated carbocycles. The van der Waals surface area contributed by atoms with Gasteiger partial charge in [-0.25, -0.2) is 0 Å². The van der Waals surface area contributed by atoms with Crippen LogP contribution in [0.2, 0.25) is 0 Å². The van der Waals surface area contributed by atoms with E-state index in [0.717, 1.165) is 0 Å². The molecule has 1 aliphatic carbocycles. The first-order valence-corrected chi connectivity index (χ1v) is 3.92. The second kappa shape index (κ2) is 3.31. The van der Waals surface area contributed by atoms with Gasteiger partial charge in [0.15, 0.2) is 0 Å². The van der Waals surface area contributed by atoms with Crippen molar-refractivity contribution in [3.8, 4) is 0 Å². The molecule has 0 aromatic rings. The molecule has 1 aliphatic rings. The lowest BCUT2D eigenvalue weighted by Gasteiger charge is -2.03. The van der Waals surface area contributed by atoms with Gasteiger partial charge in [0.2, 0.25) is 0 Å². The van der Waals surface area contributed by atoms with Crippen molar-refractivity contribution in [1.29, 1.82) is 0 Å². The quantitative estimate of drug-likeness (QED) is 0.416. The van der Waals surface area contributed by atoms with E-state index in [4.69, 9.17) is 21.7 Å². The molecule has 0 saturated heterocycles. The highest BCUT2D eigenvalue weighted by Crippen LogP contribution is 2.47. The maximum atomic E-state index is 10.6. The first-order valence-electron chi connectivity index (χ1n) is 3.92. The Balaban J connectivity index is 2.63. The zero-order valence-corrected chi connectivity index (χ0v) is 6.88.